The van der Waals surface area contributed by atoms with Crippen molar-refractivity contribution in [3.05, 3.63) is 28.5 Å². The normalized spacial score (nSPS) is 9.38. The molecule has 0 atom stereocenters. The molecule has 1 amide bonds. The van der Waals surface area contributed by atoms with Crippen molar-refractivity contribution >= 4 is 27.6 Å². The third kappa shape index (κ3) is 2.33. The number of hydrogen-bond donors (Lipinski definition) is 2. The Balaban J connectivity index is 2.95. The van der Waals surface area contributed by atoms with Crippen LogP contribution in [0.3, 0.4) is 0 Å². The molecule has 0 fully saturated rings. The van der Waals surface area contributed by atoms with Crippen LogP contribution in [0.2, 0.25) is 0 Å². The molecular weight excluding hydrogens is 240 g/mol. The van der Waals surface area contributed by atoms with Gasteiger partial charge < -0.3 is 0 Å². The summed E-state index contributed by atoms with van der Waals surface area (Å²) >= 11 is 3.09. The fraction of sp³-hybridized carbons (Fsp3) is 0. The molecule has 0 aliphatic rings. The summed E-state index contributed by atoms with van der Waals surface area (Å²) in [5.74, 6) is -1.92. The number of rotatable bonds is 2. The summed E-state index contributed by atoms with van der Waals surface area (Å²) < 4.78 is 0.587. The van der Waals surface area contributed by atoms with Gasteiger partial charge in [-0.2, -0.15) is 0 Å². The summed E-state index contributed by atoms with van der Waals surface area (Å²) in [5, 5.41) is 8.18. The molecule has 0 radical (unpaired) electrons. The third-order valence-electron chi connectivity index (χ3n) is 1.27. The second-order valence-corrected chi connectivity index (χ2v) is 3.08. The minimum Gasteiger partial charge on any atom is -0.288 e. The first-order valence-electron chi connectivity index (χ1n) is 3.24. The molecule has 5 nitrogen and oxygen atoms in total. The maximum absolute atomic E-state index is 11.1. The molecule has 0 spiro atoms. The molecule has 6 heteroatoms. The van der Waals surface area contributed by atoms with E-state index in [9.17, 15) is 9.59 Å². The van der Waals surface area contributed by atoms with Gasteiger partial charge in [0.15, 0.2) is 0 Å². The largest absolute Gasteiger partial charge is 0.315 e. The summed E-state index contributed by atoms with van der Waals surface area (Å²) in [5.41, 5.74) is 1.36. The molecule has 0 aromatic carbocycles. The lowest BCUT2D eigenvalue weighted by Gasteiger charge is -1.97. The second-order valence-electron chi connectivity index (χ2n) is 2.16. The first kappa shape index (κ1) is 9.82. The van der Waals surface area contributed by atoms with Crippen molar-refractivity contribution in [2.45, 2.75) is 0 Å². The molecule has 0 aliphatic carbocycles. The Kier molecular flexibility index (Phi) is 3.10. The minimum atomic E-state index is -1.08. The lowest BCUT2D eigenvalue weighted by molar-refractivity contribution is -0.124. The van der Waals surface area contributed by atoms with Crippen LogP contribution in [0.25, 0.3) is 0 Å². The van der Waals surface area contributed by atoms with Gasteiger partial charge in [0, 0.05) is 22.4 Å². The average molecular weight is 245 g/mol. The van der Waals surface area contributed by atoms with Gasteiger partial charge in [-0.3, -0.25) is 19.8 Å². The van der Waals surface area contributed by atoms with Crippen LogP contribution in [0.15, 0.2) is 22.9 Å². The number of carbonyl (C=O) groups excluding carboxylic acids is 2. The molecule has 0 saturated heterocycles. The van der Waals surface area contributed by atoms with Crippen LogP contribution in [0.4, 0.5) is 0 Å². The van der Waals surface area contributed by atoms with E-state index in [4.69, 9.17) is 5.21 Å². The third-order valence-corrected chi connectivity index (χ3v) is 1.71. The van der Waals surface area contributed by atoms with Crippen molar-refractivity contribution in [1.29, 1.82) is 0 Å². The summed E-state index contributed by atoms with van der Waals surface area (Å²) in [6.07, 6.45) is 2.72. The average Bonchev–Trinajstić information content (AvgIpc) is 2.15. The Labute approximate surface area is 81.9 Å². The van der Waals surface area contributed by atoms with Crippen LogP contribution in [0.1, 0.15) is 10.4 Å². The topological polar surface area (TPSA) is 79.3 Å². The van der Waals surface area contributed by atoms with Gasteiger partial charge in [0.05, 0.1) is 0 Å². The van der Waals surface area contributed by atoms with E-state index < -0.39 is 11.7 Å². The van der Waals surface area contributed by atoms with E-state index in [1.807, 2.05) is 0 Å². The standard InChI is InChI=1S/C7H5BrN2O3/c8-5-1-4(2-9-3-5)6(11)7(12)10-13/h1-3,13H,(H,10,12). The van der Waals surface area contributed by atoms with E-state index >= 15 is 0 Å². The highest BCUT2D eigenvalue weighted by atomic mass is 79.9. The molecule has 1 aromatic rings. The first-order chi connectivity index (χ1) is 6.15. The molecule has 1 heterocycles. The Morgan fingerprint density at radius 2 is 2.15 bits per heavy atom. The lowest BCUT2D eigenvalue weighted by atomic mass is 10.2. The summed E-state index contributed by atoms with van der Waals surface area (Å²) in [7, 11) is 0. The van der Waals surface area contributed by atoms with E-state index in [-0.39, 0.29) is 5.56 Å². The lowest BCUT2D eigenvalue weighted by Crippen LogP contribution is -2.28. The van der Waals surface area contributed by atoms with E-state index in [1.54, 1.807) is 0 Å². The van der Waals surface area contributed by atoms with Crippen molar-refractivity contribution in [3.8, 4) is 0 Å². The number of halogens is 1. The number of nitrogens with zero attached hydrogens (tertiary/aromatic N) is 1. The van der Waals surface area contributed by atoms with Gasteiger partial charge in [0.25, 0.3) is 5.78 Å². The van der Waals surface area contributed by atoms with Crippen LogP contribution < -0.4 is 5.48 Å². The highest BCUT2D eigenvalue weighted by Gasteiger charge is 2.15. The van der Waals surface area contributed by atoms with Gasteiger partial charge in [-0.25, -0.2) is 5.48 Å². The van der Waals surface area contributed by atoms with E-state index in [1.165, 1.54) is 23.9 Å². The number of amides is 1. The van der Waals surface area contributed by atoms with Gasteiger partial charge in [0.2, 0.25) is 0 Å². The number of pyridine rings is 1. The number of ketones is 1. The molecule has 68 valence electrons. The van der Waals surface area contributed by atoms with Crippen molar-refractivity contribution in [1.82, 2.24) is 10.5 Å². The molecule has 0 saturated carbocycles. The summed E-state index contributed by atoms with van der Waals surface area (Å²) in [6.45, 7) is 0. The zero-order valence-corrected chi connectivity index (χ0v) is 7.91. The second kappa shape index (κ2) is 4.11. The van der Waals surface area contributed by atoms with Gasteiger partial charge >= 0.3 is 5.91 Å². The predicted molar refractivity (Wildman–Crippen MR) is 46.2 cm³/mol. The number of hydroxylamine groups is 1. The predicted octanol–water partition coefficient (Wildman–Crippen LogP) is 0.532. The number of nitrogens with one attached hydrogen (secondary N) is 1. The van der Waals surface area contributed by atoms with Crippen molar-refractivity contribution in [3.63, 3.8) is 0 Å². The quantitative estimate of drug-likeness (QED) is 0.345. The fourth-order valence-electron chi connectivity index (χ4n) is 0.718. The first-order valence-corrected chi connectivity index (χ1v) is 4.03. The Morgan fingerprint density at radius 1 is 1.46 bits per heavy atom. The molecule has 2 N–H and O–H groups in total. The van der Waals surface area contributed by atoms with Crippen LogP contribution in [0.5, 0.6) is 0 Å². The number of Topliss-reactive ketones (excluding diaryl/α,β-unsaturated/α-hetero) is 1. The number of hydrogen-bond acceptors (Lipinski definition) is 4. The molecular formula is C7H5BrN2O3. The van der Waals surface area contributed by atoms with Crippen LogP contribution in [-0.2, 0) is 4.79 Å². The Bertz CT molecular complexity index is 353. The van der Waals surface area contributed by atoms with Crippen molar-refractivity contribution in [2.24, 2.45) is 0 Å². The highest BCUT2D eigenvalue weighted by molar-refractivity contribution is 9.10. The van der Waals surface area contributed by atoms with Crippen molar-refractivity contribution < 1.29 is 14.8 Å². The summed E-state index contributed by atoms with van der Waals surface area (Å²) in [6, 6.07) is 1.44. The Morgan fingerprint density at radius 3 is 2.69 bits per heavy atom. The molecule has 0 bridgehead atoms. The molecule has 1 rings (SSSR count). The van der Waals surface area contributed by atoms with Crippen molar-refractivity contribution in [2.75, 3.05) is 0 Å². The van der Waals surface area contributed by atoms with E-state index in [0.29, 0.717) is 4.47 Å². The molecule has 0 aliphatic heterocycles. The maximum atomic E-state index is 11.1. The van der Waals surface area contributed by atoms with Gasteiger partial charge in [-0.1, -0.05) is 0 Å². The SMILES string of the molecule is O=C(NO)C(=O)c1cncc(Br)c1. The van der Waals surface area contributed by atoms with E-state index in [0.717, 1.165) is 0 Å². The zero-order valence-electron chi connectivity index (χ0n) is 6.32. The summed E-state index contributed by atoms with van der Waals surface area (Å²) in [4.78, 5) is 25.5. The smallest absolute Gasteiger partial charge is 0.288 e. The highest BCUT2D eigenvalue weighted by Crippen LogP contribution is 2.09. The fourth-order valence-corrected chi connectivity index (χ4v) is 1.08. The molecule has 1 aromatic heterocycles. The van der Waals surface area contributed by atoms with E-state index in [2.05, 4.69) is 20.9 Å². The van der Waals surface area contributed by atoms with Gasteiger partial charge in [0.1, 0.15) is 0 Å². The number of carbonyl (C=O) groups is 2. The maximum Gasteiger partial charge on any atom is 0.315 e. The Hall–Kier alpha value is -1.27. The van der Waals surface area contributed by atoms with Gasteiger partial charge in [-0.05, 0) is 22.0 Å². The number of aromatic nitrogens is 1. The molecule has 0 unspecified atom stereocenters. The zero-order chi connectivity index (χ0) is 9.84. The monoisotopic (exact) mass is 244 g/mol. The molecule has 13 heavy (non-hydrogen) atoms. The van der Waals surface area contributed by atoms with Crippen LogP contribution in [-0.4, -0.2) is 21.9 Å². The van der Waals surface area contributed by atoms with Crippen LogP contribution >= 0.6 is 15.9 Å². The van der Waals surface area contributed by atoms with Gasteiger partial charge in [-0.15, -0.1) is 0 Å². The van der Waals surface area contributed by atoms with Crippen LogP contribution in [0, 0.1) is 0 Å². The minimum absolute atomic E-state index is 0.112.